The Morgan fingerprint density at radius 2 is 1.68 bits per heavy atom. The number of fused-ring (bicyclic) bond motifs is 2. The first-order valence-corrected chi connectivity index (χ1v) is 9.51. The zero-order chi connectivity index (χ0) is 22.1. The number of nitrogens with one attached hydrogen (secondary N) is 2. The molecule has 0 fully saturated rings. The van der Waals surface area contributed by atoms with Crippen LogP contribution in [0, 0.1) is 11.6 Å². The van der Waals surface area contributed by atoms with Gasteiger partial charge in [0.1, 0.15) is 0 Å². The molecular weight excluding hydrogens is 406 g/mol. The summed E-state index contributed by atoms with van der Waals surface area (Å²) in [4.78, 5) is 23.7. The number of benzene rings is 3. The van der Waals surface area contributed by atoms with Gasteiger partial charge >= 0.3 is 5.97 Å². The van der Waals surface area contributed by atoms with Crippen molar-refractivity contribution in [2.24, 2.45) is 0 Å². The van der Waals surface area contributed by atoms with Crippen LogP contribution in [0.25, 0.3) is 0 Å². The summed E-state index contributed by atoms with van der Waals surface area (Å²) >= 11 is 0. The van der Waals surface area contributed by atoms with E-state index in [0.717, 1.165) is 11.6 Å². The zero-order valence-electron chi connectivity index (χ0n) is 16.5. The smallest absolute Gasteiger partial charge is 0.337 e. The standard InChI is InChI=1S/C23H18F2N2O4/c1-26-22(28)14-10-15(23(29)30)21-20(11-14)31-19-7-5-13(9-18(19)27-21)3-2-12-4-6-16(24)17(25)8-12/h4-11,27H,2-3H2,1H3,(H,26,28)(H,29,30). The Hall–Kier alpha value is -3.94. The minimum Gasteiger partial charge on any atom is -0.478 e. The van der Waals surface area contributed by atoms with Crippen molar-refractivity contribution in [2.45, 2.75) is 12.8 Å². The Morgan fingerprint density at radius 3 is 2.35 bits per heavy atom. The lowest BCUT2D eigenvalue weighted by molar-refractivity contribution is 0.0697. The number of carboxylic acids is 1. The maximum atomic E-state index is 13.4. The summed E-state index contributed by atoms with van der Waals surface area (Å²) in [5.74, 6) is -2.67. The number of hydrogen-bond acceptors (Lipinski definition) is 4. The van der Waals surface area contributed by atoms with Crippen LogP contribution in [0.4, 0.5) is 20.2 Å². The molecule has 0 saturated carbocycles. The number of aromatic carboxylic acids is 1. The van der Waals surface area contributed by atoms with Crippen molar-refractivity contribution in [1.29, 1.82) is 0 Å². The van der Waals surface area contributed by atoms with Gasteiger partial charge in [-0.05, 0) is 60.4 Å². The monoisotopic (exact) mass is 424 g/mol. The highest BCUT2D eigenvalue weighted by molar-refractivity contribution is 6.03. The zero-order valence-corrected chi connectivity index (χ0v) is 16.5. The molecule has 0 saturated heterocycles. The summed E-state index contributed by atoms with van der Waals surface area (Å²) in [6.07, 6.45) is 1.07. The van der Waals surface area contributed by atoms with Gasteiger partial charge < -0.3 is 20.5 Å². The Balaban J connectivity index is 1.60. The lowest BCUT2D eigenvalue weighted by atomic mass is 10.0. The fourth-order valence-electron chi connectivity index (χ4n) is 3.43. The number of rotatable bonds is 5. The van der Waals surface area contributed by atoms with E-state index in [2.05, 4.69) is 10.6 Å². The topological polar surface area (TPSA) is 87.7 Å². The van der Waals surface area contributed by atoms with Gasteiger partial charge in [-0.3, -0.25) is 4.79 Å². The van der Waals surface area contributed by atoms with Gasteiger partial charge in [-0.1, -0.05) is 12.1 Å². The van der Waals surface area contributed by atoms with Crippen LogP contribution < -0.4 is 15.4 Å². The molecule has 0 unspecified atom stereocenters. The molecule has 1 amide bonds. The molecule has 31 heavy (non-hydrogen) atoms. The van der Waals surface area contributed by atoms with E-state index in [4.69, 9.17) is 4.74 Å². The first kappa shape index (κ1) is 20.3. The molecule has 0 aromatic heterocycles. The molecule has 3 aromatic rings. The van der Waals surface area contributed by atoms with E-state index >= 15 is 0 Å². The third-order valence-corrected chi connectivity index (χ3v) is 5.03. The number of amides is 1. The minimum absolute atomic E-state index is 0.0889. The molecule has 8 heteroatoms. The molecule has 0 bridgehead atoms. The van der Waals surface area contributed by atoms with Gasteiger partial charge in [-0.2, -0.15) is 0 Å². The second kappa shape index (κ2) is 8.06. The first-order valence-electron chi connectivity index (χ1n) is 9.51. The third-order valence-electron chi connectivity index (χ3n) is 5.03. The van der Waals surface area contributed by atoms with Crippen molar-refractivity contribution in [1.82, 2.24) is 5.32 Å². The highest BCUT2D eigenvalue weighted by atomic mass is 19.2. The quantitative estimate of drug-likeness (QED) is 0.434. The molecule has 0 aliphatic carbocycles. The van der Waals surface area contributed by atoms with Crippen molar-refractivity contribution in [2.75, 3.05) is 12.4 Å². The molecule has 4 rings (SSSR count). The van der Waals surface area contributed by atoms with Crippen LogP contribution >= 0.6 is 0 Å². The maximum absolute atomic E-state index is 13.4. The predicted molar refractivity (Wildman–Crippen MR) is 110 cm³/mol. The van der Waals surface area contributed by atoms with Crippen LogP contribution in [0.3, 0.4) is 0 Å². The van der Waals surface area contributed by atoms with Crippen LogP contribution in [0.1, 0.15) is 31.8 Å². The van der Waals surface area contributed by atoms with E-state index in [9.17, 15) is 23.5 Å². The molecule has 0 radical (unpaired) electrons. The van der Waals surface area contributed by atoms with Crippen molar-refractivity contribution in [3.8, 4) is 11.5 Å². The number of carboxylic acid groups (broad SMARTS) is 1. The molecular formula is C23H18F2N2O4. The molecule has 0 spiro atoms. The Labute approximate surface area is 176 Å². The van der Waals surface area contributed by atoms with Gasteiger partial charge in [-0.15, -0.1) is 0 Å². The summed E-state index contributed by atoms with van der Waals surface area (Å²) < 4.78 is 32.3. The van der Waals surface area contributed by atoms with Crippen molar-refractivity contribution in [3.63, 3.8) is 0 Å². The fourth-order valence-corrected chi connectivity index (χ4v) is 3.43. The van der Waals surface area contributed by atoms with Gasteiger partial charge in [0.2, 0.25) is 0 Å². The normalized spacial score (nSPS) is 11.6. The summed E-state index contributed by atoms with van der Waals surface area (Å²) in [6.45, 7) is 0. The summed E-state index contributed by atoms with van der Waals surface area (Å²) in [5, 5.41) is 15.1. The number of carbonyl (C=O) groups is 2. The van der Waals surface area contributed by atoms with E-state index in [-0.39, 0.29) is 22.6 Å². The largest absolute Gasteiger partial charge is 0.478 e. The molecule has 1 aliphatic heterocycles. The second-order valence-corrected chi connectivity index (χ2v) is 7.09. The van der Waals surface area contributed by atoms with E-state index < -0.39 is 23.5 Å². The van der Waals surface area contributed by atoms with Gasteiger partial charge in [0.05, 0.1) is 16.9 Å². The van der Waals surface area contributed by atoms with Crippen molar-refractivity contribution < 1.29 is 28.2 Å². The van der Waals surface area contributed by atoms with E-state index in [1.54, 1.807) is 6.07 Å². The number of aryl methyl sites for hydroxylation is 2. The van der Waals surface area contributed by atoms with Crippen LogP contribution in [0.15, 0.2) is 48.5 Å². The molecule has 1 heterocycles. The van der Waals surface area contributed by atoms with Crippen LogP contribution in [0.5, 0.6) is 11.5 Å². The van der Waals surface area contributed by atoms with E-state index in [0.29, 0.717) is 29.8 Å². The van der Waals surface area contributed by atoms with Gasteiger partial charge in [0.15, 0.2) is 23.1 Å². The average Bonchev–Trinajstić information content (AvgIpc) is 2.76. The van der Waals surface area contributed by atoms with Crippen molar-refractivity contribution >= 4 is 23.3 Å². The first-order chi connectivity index (χ1) is 14.9. The molecule has 158 valence electrons. The van der Waals surface area contributed by atoms with Gasteiger partial charge in [0, 0.05) is 12.6 Å². The Kier molecular flexibility index (Phi) is 5.29. The lowest BCUT2D eigenvalue weighted by Crippen LogP contribution is -2.19. The maximum Gasteiger partial charge on any atom is 0.337 e. The average molecular weight is 424 g/mol. The molecule has 3 N–H and O–H groups in total. The molecule has 3 aromatic carbocycles. The molecule has 0 atom stereocenters. The van der Waals surface area contributed by atoms with Crippen LogP contribution in [-0.2, 0) is 12.8 Å². The van der Waals surface area contributed by atoms with E-state index in [1.807, 2.05) is 12.1 Å². The Morgan fingerprint density at radius 1 is 0.968 bits per heavy atom. The number of ether oxygens (including phenoxy) is 1. The predicted octanol–water partition coefficient (Wildman–Crippen LogP) is 4.66. The highest BCUT2D eigenvalue weighted by Gasteiger charge is 2.25. The lowest BCUT2D eigenvalue weighted by Gasteiger charge is -2.24. The number of carbonyl (C=O) groups excluding carboxylic acids is 1. The third kappa shape index (κ3) is 4.05. The van der Waals surface area contributed by atoms with Gasteiger partial charge in [-0.25, -0.2) is 13.6 Å². The van der Waals surface area contributed by atoms with Crippen LogP contribution in [0.2, 0.25) is 0 Å². The Bertz CT molecular complexity index is 1210. The number of anilines is 2. The van der Waals surface area contributed by atoms with Crippen LogP contribution in [-0.4, -0.2) is 24.0 Å². The molecule has 1 aliphatic rings. The fraction of sp³-hybridized carbons (Fsp3) is 0.130. The number of halogens is 2. The molecule has 6 nitrogen and oxygen atoms in total. The summed E-state index contributed by atoms with van der Waals surface area (Å²) in [6, 6.07) is 12.0. The minimum atomic E-state index is -1.20. The van der Waals surface area contributed by atoms with Crippen molar-refractivity contribution in [3.05, 3.63) is 82.4 Å². The second-order valence-electron chi connectivity index (χ2n) is 7.09. The highest BCUT2D eigenvalue weighted by Crippen LogP contribution is 2.44. The van der Waals surface area contributed by atoms with Gasteiger partial charge in [0.25, 0.3) is 5.91 Å². The van der Waals surface area contributed by atoms with E-state index in [1.165, 1.54) is 31.3 Å². The SMILES string of the molecule is CNC(=O)c1cc2c(c(C(=O)O)c1)Nc1cc(CCc3ccc(F)c(F)c3)ccc1O2. The summed E-state index contributed by atoms with van der Waals surface area (Å²) in [5.41, 5.74) is 2.49. The number of hydrogen-bond donors (Lipinski definition) is 3. The summed E-state index contributed by atoms with van der Waals surface area (Å²) in [7, 11) is 1.46.